The maximum Gasteiger partial charge on any atom is 0.285 e. The molecule has 2 aromatic heterocycles. The van der Waals surface area contributed by atoms with Crippen LogP contribution in [0.1, 0.15) is 10.7 Å². The van der Waals surface area contributed by atoms with E-state index in [9.17, 15) is 4.79 Å². The normalized spacial score (nSPS) is 16.4. The predicted octanol–water partition coefficient (Wildman–Crippen LogP) is 1.51. The van der Waals surface area contributed by atoms with Crippen LogP contribution in [0, 0.1) is 6.92 Å². The van der Waals surface area contributed by atoms with E-state index < -0.39 is 0 Å². The number of thiazole rings is 1. The Morgan fingerprint density at radius 3 is 2.81 bits per heavy atom. The molecule has 6 nitrogen and oxygen atoms in total. The van der Waals surface area contributed by atoms with Gasteiger partial charge in [0.1, 0.15) is 5.02 Å². The molecule has 1 N–H and O–H groups in total. The van der Waals surface area contributed by atoms with E-state index in [0.29, 0.717) is 5.69 Å². The first kappa shape index (κ1) is 14.5. The summed E-state index contributed by atoms with van der Waals surface area (Å²) in [7, 11) is 0. The monoisotopic (exact) mass is 325 g/mol. The van der Waals surface area contributed by atoms with Gasteiger partial charge in [0, 0.05) is 38.1 Å². The van der Waals surface area contributed by atoms with E-state index in [1.54, 1.807) is 17.5 Å². The molecule has 1 saturated heterocycles. The van der Waals surface area contributed by atoms with Gasteiger partial charge in [-0.1, -0.05) is 11.6 Å². The first-order valence-corrected chi connectivity index (χ1v) is 8.01. The van der Waals surface area contributed by atoms with Gasteiger partial charge < -0.3 is 4.90 Å². The molecule has 0 unspecified atom stereocenters. The maximum atomic E-state index is 11.5. The highest BCUT2D eigenvalue weighted by Crippen LogP contribution is 2.22. The molecular formula is C13H16ClN5OS. The minimum absolute atomic E-state index is 0.216. The number of piperazine rings is 1. The van der Waals surface area contributed by atoms with Crippen molar-refractivity contribution in [1.82, 2.24) is 20.1 Å². The zero-order valence-corrected chi connectivity index (χ0v) is 13.2. The lowest BCUT2D eigenvalue weighted by Crippen LogP contribution is -2.46. The molecule has 3 rings (SSSR count). The topological polar surface area (TPSA) is 65.1 Å². The molecule has 0 amide bonds. The number of aryl methyl sites for hydroxylation is 1. The van der Waals surface area contributed by atoms with Crippen LogP contribution in [0.2, 0.25) is 5.02 Å². The number of aromatic nitrogens is 3. The van der Waals surface area contributed by atoms with Crippen LogP contribution in [0.3, 0.4) is 0 Å². The van der Waals surface area contributed by atoms with Crippen LogP contribution >= 0.6 is 22.9 Å². The molecule has 1 aliphatic rings. The first-order valence-electron chi connectivity index (χ1n) is 6.75. The Balaban J connectivity index is 1.62. The van der Waals surface area contributed by atoms with E-state index in [4.69, 9.17) is 11.6 Å². The van der Waals surface area contributed by atoms with E-state index in [1.807, 2.05) is 6.92 Å². The Kier molecular flexibility index (Phi) is 4.23. The van der Waals surface area contributed by atoms with Crippen LogP contribution in [0.25, 0.3) is 0 Å². The van der Waals surface area contributed by atoms with E-state index in [0.717, 1.165) is 43.4 Å². The SMILES string of the molecule is Cc1nc(CN2CCN(c3cn[nH]c(=O)c3Cl)CC2)cs1. The predicted molar refractivity (Wildman–Crippen MR) is 84.2 cm³/mol. The van der Waals surface area contributed by atoms with Crippen molar-refractivity contribution >= 4 is 28.6 Å². The zero-order chi connectivity index (χ0) is 14.8. The van der Waals surface area contributed by atoms with Gasteiger partial charge in [-0.25, -0.2) is 10.1 Å². The largest absolute Gasteiger partial charge is 0.366 e. The molecule has 112 valence electrons. The summed E-state index contributed by atoms with van der Waals surface area (Å²) in [6.07, 6.45) is 1.61. The van der Waals surface area contributed by atoms with Crippen LogP contribution in [-0.2, 0) is 6.54 Å². The van der Waals surface area contributed by atoms with Crippen LogP contribution in [0.4, 0.5) is 5.69 Å². The van der Waals surface area contributed by atoms with Crippen molar-refractivity contribution in [3.8, 4) is 0 Å². The highest BCUT2D eigenvalue weighted by atomic mass is 35.5. The lowest BCUT2D eigenvalue weighted by molar-refractivity contribution is 0.247. The van der Waals surface area contributed by atoms with Gasteiger partial charge in [-0.2, -0.15) is 5.10 Å². The second kappa shape index (κ2) is 6.13. The number of rotatable bonds is 3. The summed E-state index contributed by atoms with van der Waals surface area (Å²) >= 11 is 7.73. The molecular weight excluding hydrogens is 310 g/mol. The van der Waals surface area contributed by atoms with Crippen LogP contribution in [-0.4, -0.2) is 46.3 Å². The van der Waals surface area contributed by atoms with Gasteiger partial charge >= 0.3 is 0 Å². The Morgan fingerprint density at radius 1 is 1.38 bits per heavy atom. The summed E-state index contributed by atoms with van der Waals surface area (Å²) < 4.78 is 0. The minimum atomic E-state index is -0.338. The molecule has 0 bridgehead atoms. The van der Waals surface area contributed by atoms with Crippen molar-refractivity contribution in [2.24, 2.45) is 0 Å². The third-order valence-electron chi connectivity index (χ3n) is 3.54. The summed E-state index contributed by atoms with van der Waals surface area (Å²) in [5.74, 6) is 0. The fourth-order valence-corrected chi connectivity index (χ4v) is 3.27. The van der Waals surface area contributed by atoms with Crippen molar-refractivity contribution in [3.63, 3.8) is 0 Å². The Hall–Kier alpha value is -1.44. The van der Waals surface area contributed by atoms with Gasteiger partial charge in [-0.15, -0.1) is 11.3 Å². The van der Waals surface area contributed by atoms with Crippen molar-refractivity contribution < 1.29 is 0 Å². The highest BCUT2D eigenvalue weighted by molar-refractivity contribution is 7.09. The number of aromatic amines is 1. The highest BCUT2D eigenvalue weighted by Gasteiger charge is 2.20. The number of nitrogens with zero attached hydrogens (tertiary/aromatic N) is 4. The number of nitrogens with one attached hydrogen (secondary N) is 1. The average Bonchev–Trinajstić information content (AvgIpc) is 2.88. The van der Waals surface area contributed by atoms with Crippen molar-refractivity contribution in [3.05, 3.63) is 37.7 Å². The van der Waals surface area contributed by atoms with Crippen LogP contribution < -0.4 is 10.5 Å². The van der Waals surface area contributed by atoms with Crippen molar-refractivity contribution in [2.75, 3.05) is 31.1 Å². The van der Waals surface area contributed by atoms with E-state index in [-0.39, 0.29) is 10.6 Å². The van der Waals surface area contributed by atoms with Gasteiger partial charge in [-0.3, -0.25) is 9.69 Å². The molecule has 0 radical (unpaired) electrons. The second-order valence-electron chi connectivity index (χ2n) is 5.02. The molecule has 1 fully saturated rings. The number of anilines is 1. The quantitative estimate of drug-likeness (QED) is 0.926. The Bertz CT molecular complexity index is 677. The molecule has 8 heteroatoms. The summed E-state index contributed by atoms with van der Waals surface area (Å²) in [6, 6.07) is 0. The molecule has 0 spiro atoms. The lowest BCUT2D eigenvalue weighted by Gasteiger charge is -2.35. The summed E-state index contributed by atoms with van der Waals surface area (Å²) in [6.45, 7) is 6.38. The molecule has 1 aliphatic heterocycles. The molecule has 0 saturated carbocycles. The van der Waals surface area contributed by atoms with Gasteiger partial charge in [0.15, 0.2) is 0 Å². The third kappa shape index (κ3) is 3.25. The Labute approximate surface area is 131 Å². The Morgan fingerprint density at radius 2 is 2.14 bits per heavy atom. The van der Waals surface area contributed by atoms with E-state index in [1.165, 1.54) is 0 Å². The number of H-pyrrole nitrogens is 1. The average molecular weight is 326 g/mol. The van der Waals surface area contributed by atoms with Gasteiger partial charge in [0.25, 0.3) is 5.56 Å². The zero-order valence-electron chi connectivity index (χ0n) is 11.7. The number of halogens is 1. The smallest absolute Gasteiger partial charge is 0.285 e. The minimum Gasteiger partial charge on any atom is -0.366 e. The fraction of sp³-hybridized carbons (Fsp3) is 0.462. The molecule has 3 heterocycles. The summed E-state index contributed by atoms with van der Waals surface area (Å²) in [5.41, 5.74) is 1.50. The van der Waals surface area contributed by atoms with E-state index in [2.05, 4.69) is 30.4 Å². The standard InChI is InChI=1S/C13H16ClN5OS/c1-9-16-10(8-21-9)7-18-2-4-19(5-3-18)11-6-15-17-13(20)12(11)14/h6,8H,2-5,7H2,1H3,(H,17,20). The fourth-order valence-electron chi connectivity index (χ4n) is 2.45. The number of hydrogen-bond acceptors (Lipinski definition) is 6. The van der Waals surface area contributed by atoms with E-state index >= 15 is 0 Å². The van der Waals surface area contributed by atoms with Gasteiger partial charge in [0.2, 0.25) is 0 Å². The summed E-state index contributed by atoms with van der Waals surface area (Å²) in [5, 5.41) is 9.59. The lowest BCUT2D eigenvalue weighted by atomic mass is 10.2. The maximum absolute atomic E-state index is 11.5. The van der Waals surface area contributed by atoms with Crippen molar-refractivity contribution in [2.45, 2.75) is 13.5 Å². The molecule has 0 atom stereocenters. The summed E-state index contributed by atoms with van der Waals surface area (Å²) in [4.78, 5) is 20.5. The molecule has 0 aromatic carbocycles. The molecule has 0 aliphatic carbocycles. The molecule has 21 heavy (non-hydrogen) atoms. The van der Waals surface area contributed by atoms with Gasteiger partial charge in [0.05, 0.1) is 22.6 Å². The third-order valence-corrected chi connectivity index (χ3v) is 4.73. The second-order valence-corrected chi connectivity index (χ2v) is 6.46. The van der Waals surface area contributed by atoms with Gasteiger partial charge in [-0.05, 0) is 6.92 Å². The number of hydrogen-bond donors (Lipinski definition) is 1. The van der Waals surface area contributed by atoms with Crippen molar-refractivity contribution in [1.29, 1.82) is 0 Å². The van der Waals surface area contributed by atoms with Crippen LogP contribution in [0.15, 0.2) is 16.4 Å². The van der Waals surface area contributed by atoms with Crippen LogP contribution in [0.5, 0.6) is 0 Å². The molecule has 2 aromatic rings. The first-order chi connectivity index (χ1) is 10.1.